The van der Waals surface area contributed by atoms with Crippen LogP contribution in [0.3, 0.4) is 0 Å². The summed E-state index contributed by atoms with van der Waals surface area (Å²) in [6.07, 6.45) is -4.27. The molecule has 0 aliphatic rings. The van der Waals surface area contributed by atoms with Gasteiger partial charge in [-0.05, 0) is 42.0 Å². The van der Waals surface area contributed by atoms with E-state index in [2.05, 4.69) is 25.3 Å². The van der Waals surface area contributed by atoms with Crippen LogP contribution in [0.2, 0.25) is 0 Å². The van der Waals surface area contributed by atoms with Crippen LogP contribution >= 0.6 is 0 Å². The van der Waals surface area contributed by atoms with Crippen LogP contribution in [0.25, 0.3) is 0 Å². The van der Waals surface area contributed by atoms with Crippen LogP contribution in [0, 0.1) is 0 Å². The van der Waals surface area contributed by atoms with Crippen LogP contribution in [-0.4, -0.2) is 35.0 Å². The van der Waals surface area contributed by atoms with Crippen LogP contribution < -0.4 is 16.4 Å². The number of imidazole rings is 1. The lowest BCUT2D eigenvalue weighted by molar-refractivity contribution is -0.137. The average molecular weight is 461 g/mol. The Hall–Kier alpha value is -4.35. The summed E-state index contributed by atoms with van der Waals surface area (Å²) in [5.74, 6) is -1.20. The lowest BCUT2D eigenvalue weighted by Crippen LogP contribution is -2.22. The highest BCUT2D eigenvalue weighted by atomic mass is 19.4. The SMILES string of the molecule is COC(=O)c1ccc(Cc2nc(NC(=O)Nc3ccc(C(F)(F)F)cc3)c(C(N)=O)[nH]2)cc1. The number of nitrogens with zero attached hydrogens (tertiary/aromatic N) is 1. The number of aromatic amines is 1. The zero-order valence-corrected chi connectivity index (χ0v) is 17.1. The van der Waals surface area contributed by atoms with Crippen molar-refractivity contribution in [3.8, 4) is 0 Å². The number of hydrogen-bond acceptors (Lipinski definition) is 5. The minimum atomic E-state index is -4.50. The number of methoxy groups -OCH3 is 1. The summed E-state index contributed by atoms with van der Waals surface area (Å²) in [6.45, 7) is 0. The molecule has 0 aliphatic carbocycles. The number of nitrogens with two attached hydrogens (primary N) is 1. The fourth-order valence-corrected chi connectivity index (χ4v) is 2.86. The van der Waals surface area contributed by atoms with Crippen molar-refractivity contribution >= 4 is 29.4 Å². The molecule has 0 atom stereocenters. The zero-order valence-electron chi connectivity index (χ0n) is 17.1. The minimum absolute atomic E-state index is 0.0996. The van der Waals surface area contributed by atoms with Crippen molar-refractivity contribution in [1.82, 2.24) is 9.97 Å². The molecule has 9 nitrogen and oxygen atoms in total. The molecule has 1 aromatic heterocycles. The smallest absolute Gasteiger partial charge is 0.416 e. The predicted octanol–water partition coefficient (Wildman–Crippen LogP) is 3.55. The van der Waals surface area contributed by atoms with Gasteiger partial charge in [-0.2, -0.15) is 13.2 Å². The van der Waals surface area contributed by atoms with Gasteiger partial charge in [-0.25, -0.2) is 14.6 Å². The number of rotatable bonds is 6. The van der Waals surface area contributed by atoms with E-state index in [1.54, 1.807) is 24.3 Å². The Kier molecular flexibility index (Phi) is 6.66. The maximum absolute atomic E-state index is 12.6. The molecular weight excluding hydrogens is 443 g/mol. The number of hydrogen-bond donors (Lipinski definition) is 4. The summed E-state index contributed by atoms with van der Waals surface area (Å²) < 4.78 is 42.6. The average Bonchev–Trinajstić information content (AvgIpc) is 3.15. The largest absolute Gasteiger partial charge is 0.465 e. The molecule has 0 fully saturated rings. The molecule has 0 spiro atoms. The molecule has 3 aromatic rings. The summed E-state index contributed by atoms with van der Waals surface area (Å²) in [6, 6.07) is 9.46. The number of carbonyl (C=O) groups excluding carboxylic acids is 3. The monoisotopic (exact) mass is 461 g/mol. The predicted molar refractivity (Wildman–Crippen MR) is 112 cm³/mol. The van der Waals surface area contributed by atoms with Gasteiger partial charge in [-0.1, -0.05) is 12.1 Å². The Morgan fingerprint density at radius 2 is 1.67 bits per heavy atom. The summed E-state index contributed by atoms with van der Waals surface area (Å²) >= 11 is 0. The van der Waals surface area contributed by atoms with E-state index in [4.69, 9.17) is 5.73 Å². The van der Waals surface area contributed by atoms with Gasteiger partial charge in [0.25, 0.3) is 5.91 Å². The number of halogens is 3. The molecule has 172 valence electrons. The second-order valence-corrected chi connectivity index (χ2v) is 6.79. The van der Waals surface area contributed by atoms with Gasteiger partial charge in [-0.15, -0.1) is 0 Å². The highest BCUT2D eigenvalue weighted by Crippen LogP contribution is 2.29. The number of amides is 3. The van der Waals surface area contributed by atoms with E-state index in [1.165, 1.54) is 7.11 Å². The highest BCUT2D eigenvalue weighted by Gasteiger charge is 2.30. The van der Waals surface area contributed by atoms with Crippen molar-refractivity contribution in [3.05, 3.63) is 76.7 Å². The van der Waals surface area contributed by atoms with Crippen molar-refractivity contribution in [1.29, 1.82) is 0 Å². The van der Waals surface area contributed by atoms with Gasteiger partial charge in [0.05, 0.1) is 18.2 Å². The third-order valence-corrected chi connectivity index (χ3v) is 4.45. The second-order valence-electron chi connectivity index (χ2n) is 6.79. The quantitative estimate of drug-likeness (QED) is 0.416. The molecule has 33 heavy (non-hydrogen) atoms. The minimum Gasteiger partial charge on any atom is -0.465 e. The number of alkyl halides is 3. The van der Waals surface area contributed by atoms with Crippen LogP contribution in [-0.2, 0) is 17.3 Å². The van der Waals surface area contributed by atoms with Gasteiger partial charge in [0.2, 0.25) is 0 Å². The van der Waals surface area contributed by atoms with Gasteiger partial charge in [-0.3, -0.25) is 10.1 Å². The van der Waals surface area contributed by atoms with E-state index in [-0.39, 0.29) is 23.6 Å². The molecular formula is C21H18F3N5O4. The van der Waals surface area contributed by atoms with E-state index in [1.807, 2.05) is 0 Å². The Morgan fingerprint density at radius 3 is 2.21 bits per heavy atom. The molecule has 5 N–H and O–H groups in total. The first-order valence-electron chi connectivity index (χ1n) is 9.38. The van der Waals surface area contributed by atoms with Crippen LogP contribution in [0.4, 0.5) is 29.5 Å². The first kappa shape index (κ1) is 23.3. The topological polar surface area (TPSA) is 139 Å². The molecule has 0 bridgehead atoms. The van der Waals surface area contributed by atoms with Crippen LogP contribution in [0.5, 0.6) is 0 Å². The van der Waals surface area contributed by atoms with Crippen molar-refractivity contribution < 1.29 is 32.3 Å². The number of aromatic nitrogens is 2. The molecule has 3 amide bonds. The number of primary amides is 1. The van der Waals surface area contributed by atoms with Gasteiger partial charge >= 0.3 is 18.2 Å². The lowest BCUT2D eigenvalue weighted by atomic mass is 10.1. The summed E-state index contributed by atoms with van der Waals surface area (Å²) in [7, 11) is 1.27. The van der Waals surface area contributed by atoms with Gasteiger partial charge in [0.15, 0.2) is 5.82 Å². The van der Waals surface area contributed by atoms with Crippen molar-refractivity contribution in [2.24, 2.45) is 5.73 Å². The molecule has 0 aliphatic heterocycles. The molecule has 0 saturated heterocycles. The normalized spacial score (nSPS) is 11.0. The highest BCUT2D eigenvalue weighted by molar-refractivity contribution is 6.04. The lowest BCUT2D eigenvalue weighted by Gasteiger charge is -2.09. The number of ether oxygens (including phenoxy) is 1. The Bertz CT molecular complexity index is 1170. The molecule has 0 unspecified atom stereocenters. The first-order chi connectivity index (χ1) is 15.6. The van der Waals surface area contributed by atoms with Gasteiger partial charge in [0, 0.05) is 12.1 Å². The first-order valence-corrected chi connectivity index (χ1v) is 9.38. The number of urea groups is 1. The van der Waals surface area contributed by atoms with Crippen LogP contribution in [0.15, 0.2) is 48.5 Å². The third-order valence-electron chi connectivity index (χ3n) is 4.45. The standard InChI is InChI=1S/C21H18F3N5O4/c1-33-19(31)12-4-2-11(3-5-12)10-15-27-16(17(25)30)18(28-15)29-20(32)26-14-8-6-13(7-9-14)21(22,23)24/h2-9H,10H2,1H3,(H2,25,30)(H,27,28)(H2,26,29,32). The van der Waals surface area contributed by atoms with E-state index in [0.29, 0.717) is 11.4 Å². The molecule has 12 heteroatoms. The molecule has 3 rings (SSSR count). The molecule has 0 radical (unpaired) electrons. The Balaban J connectivity index is 1.70. The van der Waals surface area contributed by atoms with Gasteiger partial charge in [0.1, 0.15) is 11.5 Å². The third kappa shape index (κ3) is 5.87. The van der Waals surface area contributed by atoms with E-state index < -0.39 is 29.6 Å². The summed E-state index contributed by atoms with van der Waals surface area (Å²) in [5.41, 5.74) is 5.53. The number of benzene rings is 2. The maximum Gasteiger partial charge on any atom is 0.416 e. The summed E-state index contributed by atoms with van der Waals surface area (Å²) in [5, 5.41) is 4.70. The van der Waals surface area contributed by atoms with E-state index >= 15 is 0 Å². The Morgan fingerprint density at radius 1 is 1.03 bits per heavy atom. The zero-order chi connectivity index (χ0) is 24.2. The second kappa shape index (κ2) is 9.42. The molecule has 0 saturated carbocycles. The van der Waals surface area contributed by atoms with E-state index in [0.717, 1.165) is 29.8 Å². The van der Waals surface area contributed by atoms with Crippen LogP contribution in [0.1, 0.15) is 37.8 Å². The number of H-pyrrole nitrogens is 1. The summed E-state index contributed by atoms with van der Waals surface area (Å²) in [4.78, 5) is 42.4. The number of esters is 1. The number of carbonyl (C=O) groups is 3. The fourth-order valence-electron chi connectivity index (χ4n) is 2.86. The molecule has 2 aromatic carbocycles. The van der Waals surface area contributed by atoms with Crippen molar-refractivity contribution in [3.63, 3.8) is 0 Å². The maximum atomic E-state index is 12.6. The van der Waals surface area contributed by atoms with E-state index in [9.17, 15) is 27.6 Å². The Labute approximate surface area is 185 Å². The fraction of sp³-hybridized carbons (Fsp3) is 0.143. The van der Waals surface area contributed by atoms with Crippen molar-refractivity contribution in [2.45, 2.75) is 12.6 Å². The number of nitrogens with one attached hydrogen (secondary N) is 3. The van der Waals surface area contributed by atoms with Crippen molar-refractivity contribution in [2.75, 3.05) is 17.7 Å². The van der Waals surface area contributed by atoms with Gasteiger partial charge < -0.3 is 20.8 Å². The molecule has 1 heterocycles. The number of anilines is 2.